The molecule has 0 aliphatic heterocycles. The minimum atomic E-state index is 0.116. The zero-order valence-corrected chi connectivity index (χ0v) is 18.7. The van der Waals surface area contributed by atoms with Crippen molar-refractivity contribution < 1.29 is 9.84 Å². The quantitative estimate of drug-likeness (QED) is 0.290. The zero-order chi connectivity index (χ0) is 20.4. The molecule has 0 saturated heterocycles. The summed E-state index contributed by atoms with van der Waals surface area (Å²) in [6.07, 6.45) is 17.5. The number of ether oxygens (including phenoxy) is 1. The number of phenolic OH excluding ortho intramolecular Hbond substituents is 1. The van der Waals surface area contributed by atoms with Gasteiger partial charge in [0.15, 0.2) is 0 Å². The Morgan fingerprint density at radius 2 is 1.71 bits per heavy atom. The number of phenols is 1. The third kappa shape index (κ3) is 7.53. The predicted octanol–water partition coefficient (Wildman–Crippen LogP) is 8.08. The Balaban J connectivity index is 1.98. The van der Waals surface area contributed by atoms with E-state index in [4.69, 9.17) is 4.74 Å². The highest BCUT2D eigenvalue weighted by atomic mass is 16.5. The molecule has 1 aromatic rings. The molecule has 1 atom stereocenters. The number of aromatic hydroxyl groups is 1. The molecule has 1 unspecified atom stereocenters. The Morgan fingerprint density at radius 1 is 1.04 bits per heavy atom. The number of hydrogen-bond donors (Lipinski definition) is 1. The molecule has 1 N–H and O–H groups in total. The number of benzene rings is 1. The lowest BCUT2D eigenvalue weighted by Crippen LogP contribution is -2.11. The second-order valence-corrected chi connectivity index (χ2v) is 8.93. The van der Waals surface area contributed by atoms with Crippen LogP contribution in [0.4, 0.5) is 0 Å². The Kier molecular flexibility index (Phi) is 9.95. The van der Waals surface area contributed by atoms with Crippen LogP contribution >= 0.6 is 0 Å². The van der Waals surface area contributed by atoms with E-state index >= 15 is 0 Å². The largest absolute Gasteiger partial charge is 0.507 e. The number of allylic oxidation sites excluding steroid dienone is 2. The molecular formula is C26H42O2. The van der Waals surface area contributed by atoms with E-state index in [0.717, 1.165) is 24.2 Å². The summed E-state index contributed by atoms with van der Waals surface area (Å²) in [6, 6.07) is 4.18. The first-order chi connectivity index (χ1) is 13.5. The van der Waals surface area contributed by atoms with Gasteiger partial charge in [0.25, 0.3) is 0 Å². The van der Waals surface area contributed by atoms with Crippen LogP contribution < -0.4 is 4.74 Å². The van der Waals surface area contributed by atoms with Gasteiger partial charge in [-0.3, -0.25) is 0 Å². The second kappa shape index (κ2) is 12.2. The Bertz CT molecular complexity index is 615. The SMILES string of the molecule is CCCCCCCCCCc1cc(O)c(C2C=C(C)CCC2)c(OC(C)C)c1. The maximum atomic E-state index is 10.8. The summed E-state index contributed by atoms with van der Waals surface area (Å²) >= 11 is 0. The van der Waals surface area contributed by atoms with Crippen LogP contribution in [0.2, 0.25) is 0 Å². The number of unbranched alkanes of at least 4 members (excludes halogenated alkanes) is 7. The maximum absolute atomic E-state index is 10.8. The van der Waals surface area contributed by atoms with Crippen LogP contribution in [0.1, 0.15) is 115 Å². The van der Waals surface area contributed by atoms with Crippen molar-refractivity contribution in [2.75, 3.05) is 0 Å². The topological polar surface area (TPSA) is 29.5 Å². The first-order valence-corrected chi connectivity index (χ1v) is 11.7. The van der Waals surface area contributed by atoms with Crippen molar-refractivity contribution in [3.05, 3.63) is 34.9 Å². The molecule has 0 heterocycles. The van der Waals surface area contributed by atoms with Gasteiger partial charge in [0.2, 0.25) is 0 Å². The summed E-state index contributed by atoms with van der Waals surface area (Å²) in [4.78, 5) is 0. The van der Waals surface area contributed by atoms with Crippen LogP contribution in [-0.2, 0) is 6.42 Å². The van der Waals surface area contributed by atoms with Gasteiger partial charge in [0, 0.05) is 11.5 Å². The van der Waals surface area contributed by atoms with Gasteiger partial charge in [-0.25, -0.2) is 0 Å². The fourth-order valence-corrected chi connectivity index (χ4v) is 4.34. The summed E-state index contributed by atoms with van der Waals surface area (Å²) in [6.45, 7) is 8.59. The first-order valence-electron chi connectivity index (χ1n) is 11.7. The summed E-state index contributed by atoms with van der Waals surface area (Å²) in [5, 5.41) is 10.8. The molecule has 0 fully saturated rings. The molecule has 1 aromatic carbocycles. The van der Waals surface area contributed by atoms with Crippen molar-refractivity contribution in [2.45, 2.75) is 117 Å². The van der Waals surface area contributed by atoms with E-state index < -0.39 is 0 Å². The van der Waals surface area contributed by atoms with E-state index in [1.807, 2.05) is 6.07 Å². The molecule has 0 saturated carbocycles. The lowest BCUT2D eigenvalue weighted by molar-refractivity contribution is 0.237. The van der Waals surface area contributed by atoms with Gasteiger partial charge in [0.05, 0.1) is 6.10 Å². The summed E-state index contributed by atoms with van der Waals surface area (Å²) < 4.78 is 6.15. The van der Waals surface area contributed by atoms with Crippen LogP contribution in [0, 0.1) is 0 Å². The van der Waals surface area contributed by atoms with Crippen LogP contribution in [0.5, 0.6) is 11.5 Å². The van der Waals surface area contributed by atoms with Crippen molar-refractivity contribution >= 4 is 0 Å². The van der Waals surface area contributed by atoms with Crippen LogP contribution in [0.15, 0.2) is 23.8 Å². The highest BCUT2D eigenvalue weighted by Crippen LogP contribution is 2.42. The number of rotatable bonds is 12. The normalized spacial score (nSPS) is 17.0. The third-order valence-corrected chi connectivity index (χ3v) is 5.80. The van der Waals surface area contributed by atoms with Gasteiger partial charge in [-0.2, -0.15) is 0 Å². The van der Waals surface area contributed by atoms with Gasteiger partial charge < -0.3 is 9.84 Å². The smallest absolute Gasteiger partial charge is 0.127 e. The van der Waals surface area contributed by atoms with Gasteiger partial charge in [-0.1, -0.05) is 63.5 Å². The molecule has 0 aromatic heterocycles. The van der Waals surface area contributed by atoms with E-state index in [2.05, 4.69) is 39.8 Å². The molecule has 28 heavy (non-hydrogen) atoms. The lowest BCUT2D eigenvalue weighted by atomic mass is 9.84. The summed E-state index contributed by atoms with van der Waals surface area (Å²) in [5.41, 5.74) is 3.63. The lowest BCUT2D eigenvalue weighted by Gasteiger charge is -2.25. The van der Waals surface area contributed by atoms with Crippen molar-refractivity contribution in [3.8, 4) is 11.5 Å². The van der Waals surface area contributed by atoms with Crippen molar-refractivity contribution in [1.29, 1.82) is 0 Å². The van der Waals surface area contributed by atoms with E-state index in [9.17, 15) is 5.11 Å². The zero-order valence-electron chi connectivity index (χ0n) is 18.7. The van der Waals surface area contributed by atoms with Crippen LogP contribution in [0.25, 0.3) is 0 Å². The summed E-state index contributed by atoms with van der Waals surface area (Å²) in [5.74, 6) is 1.59. The van der Waals surface area contributed by atoms with E-state index in [-0.39, 0.29) is 12.0 Å². The maximum Gasteiger partial charge on any atom is 0.127 e. The molecule has 2 rings (SSSR count). The number of aryl methyl sites for hydroxylation is 1. The number of hydrogen-bond acceptors (Lipinski definition) is 2. The second-order valence-electron chi connectivity index (χ2n) is 8.93. The average molecular weight is 387 g/mol. The minimum Gasteiger partial charge on any atom is -0.507 e. The minimum absolute atomic E-state index is 0.116. The highest BCUT2D eigenvalue weighted by Gasteiger charge is 2.22. The molecular weight excluding hydrogens is 344 g/mol. The van der Waals surface area contributed by atoms with Crippen molar-refractivity contribution in [2.24, 2.45) is 0 Å². The third-order valence-electron chi connectivity index (χ3n) is 5.80. The van der Waals surface area contributed by atoms with Gasteiger partial charge in [-0.05, 0) is 70.6 Å². The Morgan fingerprint density at radius 3 is 2.36 bits per heavy atom. The average Bonchev–Trinajstić information content (AvgIpc) is 2.63. The van der Waals surface area contributed by atoms with Gasteiger partial charge in [-0.15, -0.1) is 0 Å². The Hall–Kier alpha value is -1.44. The van der Waals surface area contributed by atoms with E-state index in [1.165, 1.54) is 75.3 Å². The molecule has 2 nitrogen and oxygen atoms in total. The van der Waals surface area contributed by atoms with E-state index in [1.54, 1.807) is 0 Å². The molecule has 1 aliphatic rings. The van der Waals surface area contributed by atoms with Crippen LogP contribution in [-0.4, -0.2) is 11.2 Å². The highest BCUT2D eigenvalue weighted by molar-refractivity contribution is 5.51. The molecule has 158 valence electrons. The first kappa shape index (κ1) is 22.8. The predicted molar refractivity (Wildman–Crippen MR) is 121 cm³/mol. The fourth-order valence-electron chi connectivity index (χ4n) is 4.34. The van der Waals surface area contributed by atoms with Crippen molar-refractivity contribution in [1.82, 2.24) is 0 Å². The monoisotopic (exact) mass is 386 g/mol. The fraction of sp³-hybridized carbons (Fsp3) is 0.692. The standard InChI is InChI=1S/C26H42O2/c1-5-6-7-8-9-10-11-12-15-22-18-24(27)26(25(19-22)28-20(2)3)23-16-13-14-21(4)17-23/h17-20,23,27H,5-16H2,1-4H3. The van der Waals surface area contributed by atoms with E-state index in [0.29, 0.717) is 5.75 Å². The molecule has 0 spiro atoms. The molecule has 1 aliphatic carbocycles. The molecule has 0 amide bonds. The Labute approximate surface area is 173 Å². The molecule has 0 radical (unpaired) electrons. The van der Waals surface area contributed by atoms with Crippen LogP contribution in [0.3, 0.4) is 0 Å². The van der Waals surface area contributed by atoms with Gasteiger partial charge in [0.1, 0.15) is 11.5 Å². The van der Waals surface area contributed by atoms with Gasteiger partial charge >= 0.3 is 0 Å². The molecule has 2 heteroatoms. The molecule has 0 bridgehead atoms. The summed E-state index contributed by atoms with van der Waals surface area (Å²) in [7, 11) is 0. The van der Waals surface area contributed by atoms with Crippen molar-refractivity contribution in [3.63, 3.8) is 0 Å².